The van der Waals surface area contributed by atoms with Gasteiger partial charge in [0.1, 0.15) is 0 Å². The molecule has 1 saturated heterocycles. The summed E-state index contributed by atoms with van der Waals surface area (Å²) in [5.74, 6) is 0. The van der Waals surface area contributed by atoms with Crippen molar-refractivity contribution in [1.29, 1.82) is 0 Å². The molecule has 1 N–H and O–H groups in total. The third-order valence-corrected chi connectivity index (χ3v) is 5.89. The number of nitrogens with one attached hydrogen (secondary N) is 1. The highest BCUT2D eigenvalue weighted by Crippen LogP contribution is 2.30. The molecule has 1 aliphatic heterocycles. The molecule has 2 aliphatic rings. The minimum Gasteiger partial charge on any atom is -0.314 e. The van der Waals surface area contributed by atoms with E-state index >= 15 is 0 Å². The van der Waals surface area contributed by atoms with Gasteiger partial charge in [0.05, 0.1) is 0 Å². The lowest BCUT2D eigenvalue weighted by atomic mass is 9.84. The molecule has 1 atom stereocenters. The van der Waals surface area contributed by atoms with Crippen LogP contribution in [0.4, 0.5) is 0 Å². The lowest BCUT2D eigenvalue weighted by molar-refractivity contribution is 0.102. The van der Waals surface area contributed by atoms with Crippen molar-refractivity contribution in [3.05, 3.63) is 33.8 Å². The van der Waals surface area contributed by atoms with Gasteiger partial charge in [-0.15, -0.1) is 0 Å². The van der Waals surface area contributed by atoms with Crippen molar-refractivity contribution in [2.75, 3.05) is 20.1 Å². The number of hydrogen-bond donors (Lipinski definition) is 1. The zero-order valence-corrected chi connectivity index (χ0v) is 14.2. The topological polar surface area (TPSA) is 15.3 Å². The predicted molar refractivity (Wildman–Crippen MR) is 88.2 cm³/mol. The Morgan fingerprint density at radius 1 is 1.25 bits per heavy atom. The number of hydrogen-bond acceptors (Lipinski definition) is 2. The summed E-state index contributed by atoms with van der Waals surface area (Å²) in [6, 6.07) is 7.56. The first-order valence-electron chi connectivity index (χ1n) is 7.80. The fourth-order valence-electron chi connectivity index (χ4n) is 3.65. The maximum atomic E-state index is 3.59. The van der Waals surface area contributed by atoms with E-state index in [0.29, 0.717) is 5.54 Å². The molecule has 1 aromatic rings. The van der Waals surface area contributed by atoms with Crippen LogP contribution >= 0.6 is 15.9 Å². The van der Waals surface area contributed by atoms with Gasteiger partial charge in [-0.2, -0.15) is 0 Å². The van der Waals surface area contributed by atoms with E-state index in [-0.39, 0.29) is 0 Å². The molecule has 0 amide bonds. The Balaban J connectivity index is 1.65. The number of benzene rings is 1. The molecule has 0 saturated carbocycles. The smallest absolute Gasteiger partial charge is 0.0178 e. The summed E-state index contributed by atoms with van der Waals surface area (Å²) in [5.41, 5.74) is 3.47. The Labute approximate surface area is 131 Å². The molecule has 0 radical (unpaired) electrons. The van der Waals surface area contributed by atoms with Crippen molar-refractivity contribution >= 4 is 15.9 Å². The van der Waals surface area contributed by atoms with E-state index in [1.54, 1.807) is 11.1 Å². The third-order valence-electron chi connectivity index (χ3n) is 5.39. The van der Waals surface area contributed by atoms with Crippen molar-refractivity contribution < 1.29 is 0 Å². The maximum absolute atomic E-state index is 3.59. The summed E-state index contributed by atoms with van der Waals surface area (Å²) in [7, 11) is 2.10. The molecule has 20 heavy (non-hydrogen) atoms. The van der Waals surface area contributed by atoms with Crippen molar-refractivity contribution in [1.82, 2.24) is 10.2 Å². The van der Waals surface area contributed by atoms with Crippen molar-refractivity contribution in [2.45, 2.75) is 50.6 Å². The monoisotopic (exact) mass is 336 g/mol. The summed E-state index contributed by atoms with van der Waals surface area (Å²) in [6.07, 6.45) is 6.33. The average molecular weight is 337 g/mol. The third kappa shape index (κ3) is 2.95. The molecule has 1 aromatic carbocycles. The summed E-state index contributed by atoms with van der Waals surface area (Å²) >= 11 is 3.59. The van der Waals surface area contributed by atoms with Crippen molar-refractivity contribution in [3.63, 3.8) is 0 Å². The predicted octanol–water partition coefficient (Wildman–Crippen LogP) is 3.38. The van der Waals surface area contributed by atoms with Crippen LogP contribution in [0.15, 0.2) is 22.7 Å². The Morgan fingerprint density at radius 2 is 2.00 bits per heavy atom. The molecule has 1 heterocycles. The van der Waals surface area contributed by atoms with Gasteiger partial charge >= 0.3 is 0 Å². The van der Waals surface area contributed by atoms with E-state index in [0.717, 1.165) is 6.04 Å². The van der Waals surface area contributed by atoms with Gasteiger partial charge in [-0.3, -0.25) is 4.90 Å². The Kier molecular flexibility index (Phi) is 4.21. The van der Waals surface area contributed by atoms with Crippen LogP contribution < -0.4 is 5.32 Å². The Bertz CT molecular complexity index is 478. The largest absolute Gasteiger partial charge is 0.314 e. The first kappa shape index (κ1) is 14.6. The van der Waals surface area contributed by atoms with Crippen LogP contribution in [0.25, 0.3) is 0 Å². The maximum Gasteiger partial charge on any atom is 0.0178 e. The van der Waals surface area contributed by atoms with E-state index < -0.39 is 0 Å². The molecular weight excluding hydrogens is 312 g/mol. The molecule has 1 aliphatic carbocycles. The van der Waals surface area contributed by atoms with Crippen LogP contribution in [0.2, 0.25) is 0 Å². The fourth-order valence-corrected chi connectivity index (χ4v) is 4.06. The van der Waals surface area contributed by atoms with E-state index in [1.165, 1.54) is 49.7 Å². The van der Waals surface area contributed by atoms with Crippen molar-refractivity contribution in [3.8, 4) is 0 Å². The van der Waals surface area contributed by atoms with Gasteiger partial charge in [0, 0.05) is 29.1 Å². The fraction of sp³-hybridized carbons (Fsp3) is 0.647. The second kappa shape index (κ2) is 5.78. The standard InChI is InChI=1S/C17H25BrN2/c1-17(19-2)7-9-20(10-8-17)16-6-4-13-11-15(18)5-3-14(13)12-16/h3,5,11,16,19H,4,6-10,12H2,1-2H3. The lowest BCUT2D eigenvalue weighted by Gasteiger charge is -2.44. The number of fused-ring (bicyclic) bond motifs is 1. The molecule has 1 fully saturated rings. The number of halogens is 1. The highest BCUT2D eigenvalue weighted by molar-refractivity contribution is 9.10. The van der Waals surface area contributed by atoms with E-state index in [1.807, 2.05) is 0 Å². The molecule has 3 rings (SSSR count). The van der Waals surface area contributed by atoms with Crippen LogP contribution in [0, 0.1) is 0 Å². The molecule has 0 bridgehead atoms. The van der Waals surface area contributed by atoms with E-state index in [2.05, 4.69) is 58.3 Å². The molecule has 110 valence electrons. The minimum atomic E-state index is 0.355. The van der Waals surface area contributed by atoms with Gasteiger partial charge in [-0.25, -0.2) is 0 Å². The minimum absolute atomic E-state index is 0.355. The quantitative estimate of drug-likeness (QED) is 0.890. The second-order valence-corrected chi connectivity index (χ2v) is 7.57. The van der Waals surface area contributed by atoms with Gasteiger partial charge in [-0.05, 0) is 69.3 Å². The first-order valence-corrected chi connectivity index (χ1v) is 8.59. The van der Waals surface area contributed by atoms with E-state index in [4.69, 9.17) is 0 Å². The SMILES string of the molecule is CNC1(C)CCN(C2CCc3cc(Br)ccc3C2)CC1. The zero-order chi connectivity index (χ0) is 14.2. The van der Waals surface area contributed by atoms with Crippen LogP contribution in [-0.4, -0.2) is 36.6 Å². The summed E-state index contributed by atoms with van der Waals surface area (Å²) in [5, 5.41) is 3.49. The molecule has 1 unspecified atom stereocenters. The Morgan fingerprint density at radius 3 is 2.70 bits per heavy atom. The molecule has 3 heteroatoms. The van der Waals surface area contributed by atoms with Crippen LogP contribution in [0.1, 0.15) is 37.3 Å². The normalized spacial score (nSPS) is 26.2. The van der Waals surface area contributed by atoms with Gasteiger partial charge in [-0.1, -0.05) is 22.0 Å². The van der Waals surface area contributed by atoms with Gasteiger partial charge < -0.3 is 5.32 Å². The summed E-state index contributed by atoms with van der Waals surface area (Å²) in [4.78, 5) is 2.73. The first-order chi connectivity index (χ1) is 9.59. The number of aryl methyl sites for hydroxylation is 1. The number of likely N-dealkylation sites (tertiary alicyclic amines) is 1. The zero-order valence-electron chi connectivity index (χ0n) is 12.6. The van der Waals surface area contributed by atoms with Gasteiger partial charge in [0.15, 0.2) is 0 Å². The van der Waals surface area contributed by atoms with E-state index in [9.17, 15) is 0 Å². The molecule has 0 aromatic heterocycles. The number of nitrogens with zero attached hydrogens (tertiary/aromatic N) is 1. The van der Waals surface area contributed by atoms with Crippen LogP contribution in [0.3, 0.4) is 0 Å². The highest BCUT2D eigenvalue weighted by atomic mass is 79.9. The average Bonchev–Trinajstić information content (AvgIpc) is 2.47. The number of rotatable bonds is 2. The van der Waals surface area contributed by atoms with Crippen molar-refractivity contribution in [2.24, 2.45) is 0 Å². The van der Waals surface area contributed by atoms with Gasteiger partial charge in [0.25, 0.3) is 0 Å². The summed E-state index contributed by atoms with van der Waals surface area (Å²) < 4.78 is 1.22. The highest BCUT2D eigenvalue weighted by Gasteiger charge is 2.32. The second-order valence-electron chi connectivity index (χ2n) is 6.66. The number of piperidine rings is 1. The summed E-state index contributed by atoms with van der Waals surface area (Å²) in [6.45, 7) is 4.85. The molecule has 0 spiro atoms. The Hall–Kier alpha value is -0.380. The van der Waals surface area contributed by atoms with Crippen LogP contribution in [0.5, 0.6) is 0 Å². The molecular formula is C17H25BrN2. The van der Waals surface area contributed by atoms with Crippen LogP contribution in [-0.2, 0) is 12.8 Å². The van der Waals surface area contributed by atoms with Gasteiger partial charge in [0.2, 0.25) is 0 Å². The lowest BCUT2D eigenvalue weighted by Crippen LogP contribution is -2.53. The molecule has 2 nitrogen and oxygen atoms in total.